The SMILES string of the molecule is C=CCn1c(SCC(=O)Nc2nc(C)cs2)nnc1[C@@H](NC(=O)c1ccc(C)cc1)C(C)C. The van der Waals surface area contributed by atoms with E-state index in [1.54, 1.807) is 18.2 Å². The third-order valence-electron chi connectivity index (χ3n) is 4.80. The Morgan fingerprint density at radius 2 is 1.94 bits per heavy atom. The predicted octanol–water partition coefficient (Wildman–Crippen LogP) is 4.40. The highest BCUT2D eigenvalue weighted by Gasteiger charge is 2.26. The number of thioether (sulfide) groups is 1. The van der Waals surface area contributed by atoms with Gasteiger partial charge in [-0.25, -0.2) is 4.98 Å². The van der Waals surface area contributed by atoms with Crippen LogP contribution >= 0.6 is 23.1 Å². The van der Waals surface area contributed by atoms with Crippen molar-refractivity contribution in [3.63, 3.8) is 0 Å². The normalized spacial score (nSPS) is 11.9. The minimum atomic E-state index is -0.354. The van der Waals surface area contributed by atoms with Crippen molar-refractivity contribution in [2.45, 2.75) is 45.4 Å². The van der Waals surface area contributed by atoms with Gasteiger partial charge in [-0.05, 0) is 31.9 Å². The number of thiazole rings is 1. The Labute approximate surface area is 201 Å². The summed E-state index contributed by atoms with van der Waals surface area (Å²) in [7, 11) is 0. The average Bonchev–Trinajstić information content (AvgIpc) is 3.36. The summed E-state index contributed by atoms with van der Waals surface area (Å²) in [6.45, 7) is 12.2. The molecule has 0 aliphatic carbocycles. The van der Waals surface area contributed by atoms with Crippen LogP contribution < -0.4 is 10.6 Å². The van der Waals surface area contributed by atoms with Gasteiger partial charge in [0, 0.05) is 17.5 Å². The van der Waals surface area contributed by atoms with Gasteiger partial charge in [0.15, 0.2) is 16.1 Å². The van der Waals surface area contributed by atoms with Gasteiger partial charge < -0.3 is 15.2 Å². The number of benzene rings is 1. The van der Waals surface area contributed by atoms with Crippen molar-refractivity contribution >= 4 is 40.0 Å². The molecule has 0 bridgehead atoms. The zero-order chi connectivity index (χ0) is 24.0. The van der Waals surface area contributed by atoms with Crippen LogP contribution in [0.1, 0.15) is 47.3 Å². The van der Waals surface area contributed by atoms with Crippen LogP contribution in [0.4, 0.5) is 5.13 Å². The molecule has 2 aromatic heterocycles. The van der Waals surface area contributed by atoms with Crippen LogP contribution in [0.25, 0.3) is 0 Å². The van der Waals surface area contributed by atoms with Crippen molar-refractivity contribution in [2.75, 3.05) is 11.1 Å². The lowest BCUT2D eigenvalue weighted by molar-refractivity contribution is -0.113. The standard InChI is InChI=1S/C23H28N6O2S2/c1-6-11-29-20(19(14(2)3)26-21(31)17-9-7-15(4)8-10-17)27-28-23(29)33-13-18(30)25-22-24-16(5)12-32-22/h6-10,12,14,19H,1,11,13H2,2-5H3,(H,26,31)(H,24,25,30)/t19-/m0/s1. The number of hydrogen-bond acceptors (Lipinski definition) is 7. The summed E-state index contributed by atoms with van der Waals surface area (Å²) in [6, 6.07) is 7.08. The number of aromatic nitrogens is 4. The van der Waals surface area contributed by atoms with E-state index in [4.69, 9.17) is 0 Å². The van der Waals surface area contributed by atoms with Crippen molar-refractivity contribution in [2.24, 2.45) is 5.92 Å². The predicted molar refractivity (Wildman–Crippen MR) is 133 cm³/mol. The van der Waals surface area contributed by atoms with Gasteiger partial charge in [0.1, 0.15) is 0 Å². The molecule has 0 spiro atoms. The first kappa shape index (κ1) is 24.7. The number of aryl methyl sites for hydroxylation is 2. The first-order valence-electron chi connectivity index (χ1n) is 10.5. The highest BCUT2D eigenvalue weighted by Crippen LogP contribution is 2.26. The molecule has 8 nitrogen and oxygen atoms in total. The molecule has 3 rings (SSSR count). The van der Waals surface area contributed by atoms with Crippen molar-refractivity contribution in [1.82, 2.24) is 25.1 Å². The average molecular weight is 485 g/mol. The largest absolute Gasteiger partial charge is 0.342 e. The summed E-state index contributed by atoms with van der Waals surface area (Å²) in [5, 5.41) is 17.6. The van der Waals surface area contributed by atoms with Gasteiger partial charge in [0.05, 0.1) is 17.5 Å². The molecule has 0 aliphatic rings. The second-order valence-electron chi connectivity index (χ2n) is 7.93. The van der Waals surface area contributed by atoms with Gasteiger partial charge in [-0.1, -0.05) is 49.4 Å². The molecular weight excluding hydrogens is 456 g/mol. The van der Waals surface area contributed by atoms with Crippen LogP contribution in [0.5, 0.6) is 0 Å². The Kier molecular flexibility index (Phi) is 8.40. The molecule has 2 N–H and O–H groups in total. The molecule has 3 aromatic rings. The van der Waals surface area contributed by atoms with Crippen molar-refractivity contribution < 1.29 is 9.59 Å². The van der Waals surface area contributed by atoms with E-state index in [1.807, 2.05) is 49.8 Å². The zero-order valence-electron chi connectivity index (χ0n) is 19.2. The molecule has 2 amide bonds. The zero-order valence-corrected chi connectivity index (χ0v) is 20.8. The highest BCUT2D eigenvalue weighted by atomic mass is 32.2. The van der Waals surface area contributed by atoms with Crippen LogP contribution in [-0.4, -0.2) is 37.3 Å². The first-order chi connectivity index (χ1) is 15.8. The smallest absolute Gasteiger partial charge is 0.251 e. The lowest BCUT2D eigenvalue weighted by atomic mass is 10.0. The Bertz CT molecular complexity index is 1120. The molecule has 33 heavy (non-hydrogen) atoms. The summed E-state index contributed by atoms with van der Waals surface area (Å²) in [5.41, 5.74) is 2.55. The Hall–Kier alpha value is -2.98. The number of rotatable bonds is 10. The molecule has 0 unspecified atom stereocenters. The lowest BCUT2D eigenvalue weighted by Gasteiger charge is -2.22. The number of hydrogen-bond donors (Lipinski definition) is 2. The third kappa shape index (κ3) is 6.52. The van der Waals surface area contributed by atoms with Crippen LogP contribution in [0.15, 0.2) is 47.5 Å². The lowest BCUT2D eigenvalue weighted by Crippen LogP contribution is -2.33. The van der Waals surface area contributed by atoms with E-state index < -0.39 is 0 Å². The number of allylic oxidation sites excluding steroid dienone is 1. The van der Waals surface area contributed by atoms with E-state index in [0.717, 1.165) is 11.3 Å². The molecule has 0 saturated heterocycles. The molecule has 10 heteroatoms. The van der Waals surface area contributed by atoms with Crippen LogP contribution in [0.3, 0.4) is 0 Å². The minimum absolute atomic E-state index is 0.0708. The maximum atomic E-state index is 12.9. The van der Waals surface area contributed by atoms with Gasteiger partial charge in [-0.15, -0.1) is 28.1 Å². The highest BCUT2D eigenvalue weighted by molar-refractivity contribution is 7.99. The number of carbonyl (C=O) groups is 2. The van der Waals surface area contributed by atoms with Gasteiger partial charge in [0.2, 0.25) is 5.91 Å². The quantitative estimate of drug-likeness (QED) is 0.327. The number of anilines is 1. The molecule has 2 heterocycles. The maximum absolute atomic E-state index is 12.9. The van der Waals surface area contributed by atoms with E-state index in [-0.39, 0.29) is 29.5 Å². The second-order valence-corrected chi connectivity index (χ2v) is 9.73. The second kappa shape index (κ2) is 11.2. The molecule has 1 atom stereocenters. The molecule has 0 aliphatic heterocycles. The van der Waals surface area contributed by atoms with E-state index in [2.05, 4.69) is 32.4 Å². The number of nitrogens with zero attached hydrogens (tertiary/aromatic N) is 4. The molecule has 0 fully saturated rings. The van der Waals surface area contributed by atoms with E-state index >= 15 is 0 Å². The third-order valence-corrected chi connectivity index (χ3v) is 6.64. The number of carbonyl (C=O) groups excluding carboxylic acids is 2. The minimum Gasteiger partial charge on any atom is -0.342 e. The topological polar surface area (TPSA) is 102 Å². The van der Waals surface area contributed by atoms with Crippen molar-refractivity contribution in [1.29, 1.82) is 0 Å². The first-order valence-corrected chi connectivity index (χ1v) is 12.4. The summed E-state index contributed by atoms with van der Waals surface area (Å²) in [6.07, 6.45) is 1.74. The fourth-order valence-corrected chi connectivity index (χ4v) is 4.55. The molecule has 1 aromatic carbocycles. The summed E-state index contributed by atoms with van der Waals surface area (Å²) in [5.74, 6) is 0.521. The number of amides is 2. The fraction of sp³-hybridized carbons (Fsp3) is 0.348. The Balaban J connectivity index is 1.74. The van der Waals surface area contributed by atoms with Gasteiger partial charge in [0.25, 0.3) is 5.91 Å². The van der Waals surface area contributed by atoms with E-state index in [0.29, 0.717) is 28.2 Å². The van der Waals surface area contributed by atoms with Crippen LogP contribution in [0.2, 0.25) is 0 Å². The van der Waals surface area contributed by atoms with Gasteiger partial charge in [-0.2, -0.15) is 0 Å². The van der Waals surface area contributed by atoms with Crippen molar-refractivity contribution in [3.8, 4) is 0 Å². The van der Waals surface area contributed by atoms with Crippen LogP contribution in [-0.2, 0) is 11.3 Å². The summed E-state index contributed by atoms with van der Waals surface area (Å²) >= 11 is 2.67. The fourth-order valence-electron chi connectivity index (χ4n) is 3.09. The monoisotopic (exact) mass is 484 g/mol. The van der Waals surface area contributed by atoms with Gasteiger partial charge in [-0.3, -0.25) is 9.59 Å². The number of nitrogens with one attached hydrogen (secondary N) is 2. The Morgan fingerprint density at radius 3 is 2.55 bits per heavy atom. The maximum Gasteiger partial charge on any atom is 0.251 e. The van der Waals surface area contributed by atoms with Gasteiger partial charge >= 0.3 is 0 Å². The van der Waals surface area contributed by atoms with Crippen LogP contribution in [0, 0.1) is 19.8 Å². The van der Waals surface area contributed by atoms with E-state index in [1.165, 1.54) is 23.1 Å². The molecule has 0 saturated carbocycles. The molecular formula is C23H28N6O2S2. The summed E-state index contributed by atoms with van der Waals surface area (Å²) in [4.78, 5) is 29.4. The Morgan fingerprint density at radius 1 is 1.21 bits per heavy atom. The molecule has 0 radical (unpaired) electrons. The molecule has 174 valence electrons. The summed E-state index contributed by atoms with van der Waals surface area (Å²) < 4.78 is 1.89. The van der Waals surface area contributed by atoms with E-state index in [9.17, 15) is 9.59 Å². The van der Waals surface area contributed by atoms with Crippen molar-refractivity contribution in [3.05, 3.63) is 64.9 Å².